The molecule has 7 heteroatoms. The molecular weight excluding hydrogens is 248 g/mol. The molecule has 19 heavy (non-hydrogen) atoms. The van der Waals surface area contributed by atoms with E-state index < -0.39 is 5.97 Å². The Hall–Kier alpha value is -2.02. The standard InChI is InChI=1S/C12H14N4O3/c1-16-9-8(12(17)18)13-6-14-10(9)15-11(16)7-4-2-3-5-19-7/h6-7H,2-5H2,1H3,(H,17,18). The Morgan fingerprint density at radius 1 is 1.47 bits per heavy atom. The molecule has 1 fully saturated rings. The topological polar surface area (TPSA) is 90.1 Å². The summed E-state index contributed by atoms with van der Waals surface area (Å²) in [6.45, 7) is 0.714. The highest BCUT2D eigenvalue weighted by Crippen LogP contribution is 2.29. The molecular formula is C12H14N4O3. The van der Waals surface area contributed by atoms with E-state index in [0.717, 1.165) is 25.1 Å². The van der Waals surface area contributed by atoms with Gasteiger partial charge in [0.1, 0.15) is 23.8 Å². The minimum Gasteiger partial charge on any atom is -0.476 e. The molecule has 1 unspecified atom stereocenters. The molecule has 2 aromatic rings. The van der Waals surface area contributed by atoms with Crippen molar-refractivity contribution < 1.29 is 14.6 Å². The van der Waals surface area contributed by atoms with Crippen LogP contribution in [0.1, 0.15) is 41.7 Å². The number of fused-ring (bicyclic) bond motifs is 1. The lowest BCUT2D eigenvalue weighted by molar-refractivity contribution is 0.00814. The number of hydrogen-bond donors (Lipinski definition) is 1. The first-order chi connectivity index (χ1) is 9.18. The highest BCUT2D eigenvalue weighted by molar-refractivity contribution is 5.97. The number of carbonyl (C=O) groups is 1. The smallest absolute Gasteiger partial charge is 0.356 e. The van der Waals surface area contributed by atoms with Gasteiger partial charge < -0.3 is 14.4 Å². The number of hydrogen-bond acceptors (Lipinski definition) is 5. The Morgan fingerprint density at radius 2 is 2.32 bits per heavy atom. The van der Waals surface area contributed by atoms with Gasteiger partial charge in [-0.3, -0.25) is 0 Å². The number of imidazole rings is 1. The minimum atomic E-state index is -1.08. The zero-order valence-corrected chi connectivity index (χ0v) is 10.5. The van der Waals surface area contributed by atoms with Crippen molar-refractivity contribution in [1.82, 2.24) is 19.5 Å². The van der Waals surface area contributed by atoms with Crippen LogP contribution in [0.3, 0.4) is 0 Å². The quantitative estimate of drug-likeness (QED) is 0.877. The van der Waals surface area contributed by atoms with E-state index in [2.05, 4.69) is 15.0 Å². The van der Waals surface area contributed by atoms with Crippen molar-refractivity contribution >= 4 is 17.1 Å². The van der Waals surface area contributed by atoms with Crippen LogP contribution >= 0.6 is 0 Å². The van der Waals surface area contributed by atoms with Crippen molar-refractivity contribution in [3.63, 3.8) is 0 Å². The summed E-state index contributed by atoms with van der Waals surface area (Å²) in [7, 11) is 1.78. The molecule has 0 amide bonds. The fourth-order valence-corrected chi connectivity index (χ4v) is 2.45. The molecule has 0 aliphatic carbocycles. The van der Waals surface area contributed by atoms with E-state index in [1.807, 2.05) is 0 Å². The van der Waals surface area contributed by atoms with Gasteiger partial charge in [0.05, 0.1) is 0 Å². The lowest BCUT2D eigenvalue weighted by Crippen LogP contribution is -2.15. The highest BCUT2D eigenvalue weighted by atomic mass is 16.5. The third-order valence-electron chi connectivity index (χ3n) is 3.37. The maximum atomic E-state index is 11.2. The van der Waals surface area contributed by atoms with Crippen molar-refractivity contribution in [2.75, 3.05) is 6.61 Å². The molecule has 100 valence electrons. The number of rotatable bonds is 2. The number of nitrogens with zero attached hydrogens (tertiary/aromatic N) is 4. The van der Waals surface area contributed by atoms with Crippen molar-refractivity contribution in [2.24, 2.45) is 7.05 Å². The largest absolute Gasteiger partial charge is 0.476 e. The van der Waals surface area contributed by atoms with E-state index in [1.165, 1.54) is 6.33 Å². The van der Waals surface area contributed by atoms with E-state index >= 15 is 0 Å². The Kier molecular flexibility index (Phi) is 2.90. The van der Waals surface area contributed by atoms with E-state index in [4.69, 9.17) is 9.84 Å². The predicted octanol–water partition coefficient (Wildman–Crippen LogP) is 1.30. The molecule has 0 saturated carbocycles. The van der Waals surface area contributed by atoms with Crippen LogP contribution in [0.4, 0.5) is 0 Å². The average Bonchev–Trinajstić information content (AvgIpc) is 2.77. The Balaban J connectivity index is 2.14. The average molecular weight is 262 g/mol. The molecule has 1 saturated heterocycles. The van der Waals surface area contributed by atoms with E-state index in [1.54, 1.807) is 11.6 Å². The second kappa shape index (κ2) is 4.58. The molecule has 3 rings (SSSR count). The molecule has 0 spiro atoms. The maximum absolute atomic E-state index is 11.2. The van der Waals surface area contributed by atoms with Crippen LogP contribution < -0.4 is 0 Å². The second-order valence-electron chi connectivity index (χ2n) is 4.58. The van der Waals surface area contributed by atoms with Crippen LogP contribution in [-0.4, -0.2) is 37.2 Å². The normalized spacial score (nSPS) is 19.7. The van der Waals surface area contributed by atoms with Gasteiger partial charge >= 0.3 is 5.97 Å². The molecule has 1 N–H and O–H groups in total. The van der Waals surface area contributed by atoms with Crippen molar-refractivity contribution in [2.45, 2.75) is 25.4 Å². The molecule has 0 radical (unpaired) electrons. The first-order valence-electron chi connectivity index (χ1n) is 6.20. The first-order valence-corrected chi connectivity index (χ1v) is 6.20. The summed E-state index contributed by atoms with van der Waals surface area (Å²) in [6, 6.07) is 0. The molecule has 0 bridgehead atoms. The summed E-state index contributed by atoms with van der Waals surface area (Å²) in [5.74, 6) is -0.357. The lowest BCUT2D eigenvalue weighted by Gasteiger charge is -2.21. The van der Waals surface area contributed by atoms with Crippen LogP contribution in [0.5, 0.6) is 0 Å². The maximum Gasteiger partial charge on any atom is 0.356 e. The molecule has 1 aliphatic rings. The van der Waals surface area contributed by atoms with Gasteiger partial charge in [0, 0.05) is 13.7 Å². The van der Waals surface area contributed by atoms with Crippen LogP contribution in [-0.2, 0) is 11.8 Å². The summed E-state index contributed by atoms with van der Waals surface area (Å²) < 4.78 is 7.43. The summed E-state index contributed by atoms with van der Waals surface area (Å²) in [5, 5.41) is 9.16. The molecule has 0 aromatic carbocycles. The Bertz CT molecular complexity index is 631. The van der Waals surface area contributed by atoms with Gasteiger partial charge in [-0.15, -0.1) is 0 Å². The van der Waals surface area contributed by atoms with Gasteiger partial charge in [-0.2, -0.15) is 0 Å². The number of aromatic carboxylic acids is 1. The highest BCUT2D eigenvalue weighted by Gasteiger charge is 2.25. The fourth-order valence-electron chi connectivity index (χ4n) is 2.45. The Morgan fingerprint density at radius 3 is 3.00 bits per heavy atom. The van der Waals surface area contributed by atoms with Crippen LogP contribution in [0, 0.1) is 0 Å². The van der Waals surface area contributed by atoms with Gasteiger partial charge in [0.25, 0.3) is 0 Å². The summed E-state index contributed by atoms with van der Waals surface area (Å²) in [5.41, 5.74) is 0.820. The first kappa shape index (κ1) is 12.0. The zero-order valence-electron chi connectivity index (χ0n) is 10.5. The zero-order chi connectivity index (χ0) is 13.4. The molecule has 1 aliphatic heterocycles. The van der Waals surface area contributed by atoms with Crippen LogP contribution in [0.2, 0.25) is 0 Å². The van der Waals surface area contributed by atoms with Crippen molar-refractivity contribution in [3.8, 4) is 0 Å². The van der Waals surface area contributed by atoms with Gasteiger partial charge in [-0.25, -0.2) is 19.7 Å². The molecule has 3 heterocycles. The fraction of sp³-hybridized carbons (Fsp3) is 0.500. The molecule has 2 aromatic heterocycles. The van der Waals surface area contributed by atoms with Gasteiger partial charge in [-0.05, 0) is 19.3 Å². The third-order valence-corrected chi connectivity index (χ3v) is 3.37. The SMILES string of the molecule is Cn1c(C2CCCCO2)nc2ncnc(C(=O)O)c21. The number of aromatic nitrogens is 4. The minimum absolute atomic E-state index is 0.0259. The van der Waals surface area contributed by atoms with Crippen LogP contribution in [0.15, 0.2) is 6.33 Å². The number of carboxylic acids is 1. The second-order valence-corrected chi connectivity index (χ2v) is 4.58. The molecule has 1 atom stereocenters. The number of ether oxygens (including phenoxy) is 1. The summed E-state index contributed by atoms with van der Waals surface area (Å²) in [6.07, 6.45) is 4.18. The summed E-state index contributed by atoms with van der Waals surface area (Å²) in [4.78, 5) is 23.4. The summed E-state index contributed by atoms with van der Waals surface area (Å²) >= 11 is 0. The van der Waals surface area contributed by atoms with Gasteiger partial charge in [-0.1, -0.05) is 0 Å². The van der Waals surface area contributed by atoms with E-state index in [0.29, 0.717) is 17.8 Å². The van der Waals surface area contributed by atoms with E-state index in [9.17, 15) is 4.79 Å². The third kappa shape index (κ3) is 1.95. The lowest BCUT2D eigenvalue weighted by atomic mass is 10.1. The Labute approximate surface area is 109 Å². The van der Waals surface area contributed by atoms with Gasteiger partial charge in [0.2, 0.25) is 0 Å². The predicted molar refractivity (Wildman–Crippen MR) is 65.8 cm³/mol. The number of carboxylic acid groups (broad SMARTS) is 1. The molecule has 7 nitrogen and oxygen atoms in total. The van der Waals surface area contributed by atoms with Crippen molar-refractivity contribution in [3.05, 3.63) is 17.8 Å². The van der Waals surface area contributed by atoms with Gasteiger partial charge in [0.15, 0.2) is 11.3 Å². The number of aryl methyl sites for hydroxylation is 1. The monoisotopic (exact) mass is 262 g/mol. The van der Waals surface area contributed by atoms with Crippen LogP contribution in [0.25, 0.3) is 11.2 Å². The van der Waals surface area contributed by atoms with E-state index in [-0.39, 0.29) is 11.8 Å². The van der Waals surface area contributed by atoms with Crippen molar-refractivity contribution in [1.29, 1.82) is 0 Å².